The fraction of sp³-hybridized carbons (Fsp3) is 0.455. The Balaban J connectivity index is 2.77. The lowest BCUT2D eigenvalue weighted by molar-refractivity contribution is 0.406. The molecular formula is C11H16ClNO. The number of rotatable bonds is 4. The molecule has 14 heavy (non-hydrogen) atoms. The Kier molecular flexibility index (Phi) is 4.23. The van der Waals surface area contributed by atoms with E-state index in [9.17, 15) is 0 Å². The van der Waals surface area contributed by atoms with Gasteiger partial charge in [-0.3, -0.25) is 0 Å². The summed E-state index contributed by atoms with van der Waals surface area (Å²) in [5.74, 6) is 0.877. The highest BCUT2D eigenvalue weighted by Crippen LogP contribution is 2.22. The first-order valence-corrected chi connectivity index (χ1v) is 5.07. The lowest BCUT2D eigenvalue weighted by Crippen LogP contribution is -2.22. The van der Waals surface area contributed by atoms with Crippen LogP contribution in [0.1, 0.15) is 19.4 Å². The Morgan fingerprint density at radius 2 is 2.14 bits per heavy atom. The highest BCUT2D eigenvalue weighted by atomic mass is 35.5. The fourth-order valence-corrected chi connectivity index (χ4v) is 1.39. The van der Waals surface area contributed by atoms with Crippen LogP contribution in [0.15, 0.2) is 18.2 Å². The van der Waals surface area contributed by atoms with Gasteiger partial charge < -0.3 is 10.1 Å². The van der Waals surface area contributed by atoms with Crippen LogP contribution < -0.4 is 10.1 Å². The van der Waals surface area contributed by atoms with Crippen molar-refractivity contribution in [1.29, 1.82) is 0 Å². The van der Waals surface area contributed by atoms with Crippen LogP contribution in [-0.4, -0.2) is 13.2 Å². The molecule has 1 rings (SSSR count). The molecule has 3 heteroatoms. The van der Waals surface area contributed by atoms with Crippen molar-refractivity contribution >= 4 is 11.6 Å². The fourth-order valence-electron chi connectivity index (χ4n) is 1.20. The zero-order chi connectivity index (χ0) is 10.6. The van der Waals surface area contributed by atoms with E-state index in [0.717, 1.165) is 22.9 Å². The molecule has 2 nitrogen and oxygen atoms in total. The van der Waals surface area contributed by atoms with Gasteiger partial charge in [-0.25, -0.2) is 0 Å². The van der Waals surface area contributed by atoms with E-state index in [1.165, 1.54) is 0 Å². The van der Waals surface area contributed by atoms with Crippen molar-refractivity contribution in [3.63, 3.8) is 0 Å². The molecule has 0 aromatic heterocycles. The van der Waals surface area contributed by atoms with Crippen LogP contribution in [0.5, 0.6) is 5.75 Å². The lowest BCUT2D eigenvalue weighted by Gasteiger charge is -2.11. The van der Waals surface area contributed by atoms with Crippen molar-refractivity contribution in [2.24, 2.45) is 0 Å². The molecule has 78 valence electrons. The maximum absolute atomic E-state index is 5.91. The molecule has 1 aromatic rings. The number of nitrogens with one attached hydrogen (secondary N) is 1. The van der Waals surface area contributed by atoms with E-state index in [-0.39, 0.29) is 0 Å². The lowest BCUT2D eigenvalue weighted by atomic mass is 10.2. The number of halogens is 1. The van der Waals surface area contributed by atoms with Gasteiger partial charge in [0.15, 0.2) is 0 Å². The summed E-state index contributed by atoms with van der Waals surface area (Å²) < 4.78 is 5.23. The molecule has 0 heterocycles. The van der Waals surface area contributed by atoms with E-state index in [0.29, 0.717) is 6.04 Å². The van der Waals surface area contributed by atoms with Crippen LogP contribution >= 0.6 is 11.6 Å². The third kappa shape index (κ3) is 3.20. The summed E-state index contributed by atoms with van der Waals surface area (Å²) in [6.07, 6.45) is 0. The predicted octanol–water partition coefficient (Wildman–Crippen LogP) is 2.85. The topological polar surface area (TPSA) is 21.3 Å². The van der Waals surface area contributed by atoms with E-state index in [1.54, 1.807) is 7.11 Å². The van der Waals surface area contributed by atoms with Gasteiger partial charge >= 0.3 is 0 Å². The molecular weight excluding hydrogens is 198 g/mol. The van der Waals surface area contributed by atoms with Crippen molar-refractivity contribution in [3.05, 3.63) is 28.8 Å². The number of hydrogen-bond donors (Lipinski definition) is 1. The minimum Gasteiger partial charge on any atom is -0.496 e. The molecule has 0 aliphatic heterocycles. The second kappa shape index (κ2) is 5.23. The first-order valence-electron chi connectivity index (χ1n) is 4.69. The zero-order valence-corrected chi connectivity index (χ0v) is 9.56. The van der Waals surface area contributed by atoms with Crippen LogP contribution in [-0.2, 0) is 6.54 Å². The summed E-state index contributed by atoms with van der Waals surface area (Å²) in [7, 11) is 1.67. The van der Waals surface area contributed by atoms with E-state index in [1.807, 2.05) is 18.2 Å². The molecule has 0 unspecified atom stereocenters. The SMILES string of the molecule is COc1ccc(Cl)cc1CNC(C)C. The van der Waals surface area contributed by atoms with Crippen LogP contribution in [0, 0.1) is 0 Å². The summed E-state index contributed by atoms with van der Waals surface area (Å²) in [6.45, 7) is 5.00. The van der Waals surface area contributed by atoms with Crippen molar-refractivity contribution in [3.8, 4) is 5.75 Å². The van der Waals surface area contributed by atoms with Crippen molar-refractivity contribution in [2.75, 3.05) is 7.11 Å². The molecule has 0 fully saturated rings. The van der Waals surface area contributed by atoms with E-state index in [4.69, 9.17) is 16.3 Å². The second-order valence-corrected chi connectivity index (χ2v) is 3.93. The Hall–Kier alpha value is -0.730. The quantitative estimate of drug-likeness (QED) is 0.831. The van der Waals surface area contributed by atoms with Crippen LogP contribution in [0.25, 0.3) is 0 Å². The standard InChI is InChI=1S/C11H16ClNO/c1-8(2)13-7-9-6-10(12)4-5-11(9)14-3/h4-6,8,13H,7H2,1-3H3. The van der Waals surface area contributed by atoms with Crippen molar-refractivity contribution in [2.45, 2.75) is 26.4 Å². The molecule has 0 bridgehead atoms. The van der Waals surface area contributed by atoms with E-state index >= 15 is 0 Å². The molecule has 0 amide bonds. The average molecular weight is 214 g/mol. The smallest absolute Gasteiger partial charge is 0.123 e. The van der Waals surface area contributed by atoms with Gasteiger partial charge in [-0.05, 0) is 18.2 Å². The molecule has 0 aliphatic rings. The molecule has 0 spiro atoms. The van der Waals surface area contributed by atoms with Crippen LogP contribution in [0.4, 0.5) is 0 Å². The predicted molar refractivity (Wildman–Crippen MR) is 60.0 cm³/mol. The van der Waals surface area contributed by atoms with Gasteiger partial charge in [0.25, 0.3) is 0 Å². The van der Waals surface area contributed by atoms with Crippen LogP contribution in [0.3, 0.4) is 0 Å². The third-order valence-corrected chi connectivity index (χ3v) is 2.18. The van der Waals surface area contributed by atoms with Gasteiger partial charge in [-0.1, -0.05) is 25.4 Å². The Labute approximate surface area is 90.2 Å². The molecule has 0 aliphatic carbocycles. The molecule has 1 N–H and O–H groups in total. The first-order chi connectivity index (χ1) is 6.63. The normalized spacial score (nSPS) is 10.6. The largest absolute Gasteiger partial charge is 0.496 e. The number of ether oxygens (including phenoxy) is 1. The third-order valence-electron chi connectivity index (χ3n) is 1.94. The minimum atomic E-state index is 0.457. The van der Waals surface area contributed by atoms with Crippen molar-refractivity contribution < 1.29 is 4.74 Å². The molecule has 1 aromatic carbocycles. The van der Waals surface area contributed by atoms with Gasteiger partial charge in [-0.15, -0.1) is 0 Å². The van der Waals surface area contributed by atoms with Gasteiger partial charge in [0.05, 0.1) is 7.11 Å². The average Bonchev–Trinajstić information content (AvgIpc) is 2.15. The number of hydrogen-bond acceptors (Lipinski definition) is 2. The maximum atomic E-state index is 5.91. The maximum Gasteiger partial charge on any atom is 0.123 e. The Bertz CT molecular complexity index is 299. The van der Waals surface area contributed by atoms with Gasteiger partial charge in [0.2, 0.25) is 0 Å². The zero-order valence-electron chi connectivity index (χ0n) is 8.80. The highest BCUT2D eigenvalue weighted by molar-refractivity contribution is 6.30. The summed E-state index contributed by atoms with van der Waals surface area (Å²) in [4.78, 5) is 0. The van der Waals surface area contributed by atoms with Gasteiger partial charge in [0, 0.05) is 23.2 Å². The highest BCUT2D eigenvalue weighted by Gasteiger charge is 2.03. The second-order valence-electron chi connectivity index (χ2n) is 3.49. The summed E-state index contributed by atoms with van der Waals surface area (Å²) >= 11 is 5.91. The summed E-state index contributed by atoms with van der Waals surface area (Å²) in [5, 5.41) is 4.07. The first kappa shape index (κ1) is 11.3. The molecule has 0 atom stereocenters. The Morgan fingerprint density at radius 1 is 1.43 bits per heavy atom. The van der Waals surface area contributed by atoms with E-state index in [2.05, 4.69) is 19.2 Å². The number of benzene rings is 1. The minimum absolute atomic E-state index is 0.457. The molecule has 0 saturated carbocycles. The molecule has 0 radical (unpaired) electrons. The van der Waals surface area contributed by atoms with Crippen molar-refractivity contribution in [1.82, 2.24) is 5.32 Å². The van der Waals surface area contributed by atoms with Crippen LogP contribution in [0.2, 0.25) is 5.02 Å². The number of methoxy groups -OCH3 is 1. The van der Waals surface area contributed by atoms with E-state index < -0.39 is 0 Å². The Morgan fingerprint density at radius 3 is 2.71 bits per heavy atom. The summed E-state index contributed by atoms with van der Waals surface area (Å²) in [6, 6.07) is 6.10. The van der Waals surface area contributed by atoms with Gasteiger partial charge in [0.1, 0.15) is 5.75 Å². The summed E-state index contributed by atoms with van der Waals surface area (Å²) in [5.41, 5.74) is 1.09. The van der Waals surface area contributed by atoms with Gasteiger partial charge in [-0.2, -0.15) is 0 Å². The monoisotopic (exact) mass is 213 g/mol. The molecule has 0 saturated heterocycles.